The Labute approximate surface area is 103 Å². The predicted octanol–water partition coefficient (Wildman–Crippen LogP) is 2.73. The van der Waals surface area contributed by atoms with Crippen LogP contribution in [0, 0.1) is 6.92 Å². The van der Waals surface area contributed by atoms with Gasteiger partial charge in [-0.25, -0.2) is 0 Å². The number of hydrogen-bond acceptors (Lipinski definition) is 5. The fourth-order valence-corrected chi connectivity index (χ4v) is 1.94. The van der Waals surface area contributed by atoms with Crippen LogP contribution in [0.4, 0.5) is 0 Å². The van der Waals surface area contributed by atoms with Gasteiger partial charge in [0.05, 0.1) is 7.11 Å². The predicted molar refractivity (Wildman–Crippen MR) is 68.2 cm³/mol. The van der Waals surface area contributed by atoms with Gasteiger partial charge in [0.15, 0.2) is 0 Å². The summed E-state index contributed by atoms with van der Waals surface area (Å²) in [4.78, 5) is 0. The zero-order valence-corrected chi connectivity index (χ0v) is 10.4. The quantitative estimate of drug-likeness (QED) is 0.907. The van der Waals surface area contributed by atoms with Gasteiger partial charge in [-0.3, -0.25) is 0 Å². The Morgan fingerprint density at radius 1 is 1.29 bits per heavy atom. The summed E-state index contributed by atoms with van der Waals surface area (Å²) in [6.45, 7) is 1.90. The van der Waals surface area contributed by atoms with Crippen LogP contribution in [0.5, 0.6) is 11.5 Å². The topological polar surface area (TPSA) is 55.2 Å². The van der Waals surface area contributed by atoms with E-state index in [4.69, 9.17) is 4.74 Å². The van der Waals surface area contributed by atoms with Crippen LogP contribution in [0.15, 0.2) is 18.2 Å². The van der Waals surface area contributed by atoms with E-state index in [0.717, 1.165) is 10.0 Å². The number of aryl methyl sites for hydroxylation is 1. The maximum atomic E-state index is 9.67. The Bertz CT molecular complexity index is 549. The maximum absolute atomic E-state index is 9.67. The molecule has 0 atom stereocenters. The number of rotatable bonds is 3. The van der Waals surface area contributed by atoms with Gasteiger partial charge in [-0.2, -0.15) is 0 Å². The maximum Gasteiger partial charge on any atom is 0.140 e. The second-order valence-corrected chi connectivity index (χ2v) is 4.63. The molecule has 0 unspecified atom stereocenters. The van der Waals surface area contributed by atoms with E-state index in [-0.39, 0.29) is 5.75 Å². The number of phenolic OH excluding ortho intramolecular Hbond substituents is 1. The lowest BCUT2D eigenvalue weighted by atomic mass is 10.2. The highest BCUT2D eigenvalue weighted by Gasteiger charge is 2.01. The van der Waals surface area contributed by atoms with Crippen molar-refractivity contribution >= 4 is 23.5 Å². The minimum atomic E-state index is 0.211. The van der Waals surface area contributed by atoms with Crippen molar-refractivity contribution in [2.45, 2.75) is 6.92 Å². The molecule has 0 aliphatic rings. The number of ether oxygens (including phenoxy) is 1. The van der Waals surface area contributed by atoms with Crippen LogP contribution in [0.3, 0.4) is 0 Å². The third kappa shape index (κ3) is 2.82. The Hall–Kier alpha value is -1.88. The van der Waals surface area contributed by atoms with Gasteiger partial charge < -0.3 is 9.84 Å². The molecule has 5 heteroatoms. The van der Waals surface area contributed by atoms with Crippen LogP contribution in [-0.4, -0.2) is 22.4 Å². The van der Waals surface area contributed by atoms with E-state index in [1.165, 1.54) is 11.3 Å². The van der Waals surface area contributed by atoms with Crippen LogP contribution < -0.4 is 4.74 Å². The van der Waals surface area contributed by atoms with E-state index in [9.17, 15) is 5.11 Å². The Balaban J connectivity index is 2.25. The van der Waals surface area contributed by atoms with Gasteiger partial charge in [-0.1, -0.05) is 11.3 Å². The van der Waals surface area contributed by atoms with Crippen LogP contribution in [0.1, 0.15) is 15.6 Å². The molecular formula is C12H12N2O2S. The van der Waals surface area contributed by atoms with Gasteiger partial charge in [0, 0.05) is 5.56 Å². The molecule has 88 valence electrons. The van der Waals surface area contributed by atoms with E-state index in [1.54, 1.807) is 31.4 Å². The molecule has 17 heavy (non-hydrogen) atoms. The average Bonchev–Trinajstić information content (AvgIpc) is 2.74. The van der Waals surface area contributed by atoms with E-state index in [1.807, 2.05) is 13.0 Å². The molecule has 0 saturated heterocycles. The van der Waals surface area contributed by atoms with Crippen molar-refractivity contribution in [1.82, 2.24) is 10.2 Å². The summed E-state index contributed by atoms with van der Waals surface area (Å²) in [5.41, 5.74) is 0.692. The first-order valence-electron chi connectivity index (χ1n) is 5.04. The number of phenols is 1. The zero-order valence-electron chi connectivity index (χ0n) is 9.54. The first-order chi connectivity index (χ1) is 8.19. The molecular weight excluding hydrogens is 236 g/mol. The number of aromatic hydroxyl groups is 1. The molecule has 1 aromatic carbocycles. The summed E-state index contributed by atoms with van der Waals surface area (Å²) in [7, 11) is 1.59. The molecule has 0 spiro atoms. The lowest BCUT2D eigenvalue weighted by Gasteiger charge is -2.02. The van der Waals surface area contributed by atoms with Crippen molar-refractivity contribution in [3.05, 3.63) is 33.8 Å². The van der Waals surface area contributed by atoms with E-state index in [0.29, 0.717) is 11.3 Å². The van der Waals surface area contributed by atoms with Gasteiger partial charge >= 0.3 is 0 Å². The third-order valence-corrected chi connectivity index (χ3v) is 2.99. The van der Waals surface area contributed by atoms with Crippen LogP contribution >= 0.6 is 11.3 Å². The van der Waals surface area contributed by atoms with Crippen molar-refractivity contribution in [3.8, 4) is 11.5 Å². The molecule has 1 N–H and O–H groups in total. The minimum absolute atomic E-state index is 0.211. The fourth-order valence-electron chi connectivity index (χ4n) is 1.33. The Morgan fingerprint density at radius 3 is 2.76 bits per heavy atom. The second kappa shape index (κ2) is 4.97. The smallest absolute Gasteiger partial charge is 0.140 e. The molecule has 4 nitrogen and oxygen atoms in total. The molecule has 0 saturated carbocycles. The molecule has 0 aliphatic heterocycles. The van der Waals surface area contributed by atoms with Crippen molar-refractivity contribution in [3.63, 3.8) is 0 Å². The Morgan fingerprint density at radius 2 is 2.12 bits per heavy atom. The van der Waals surface area contributed by atoms with Crippen LogP contribution in [0.25, 0.3) is 12.2 Å². The zero-order chi connectivity index (χ0) is 12.3. The molecule has 0 amide bonds. The Kier molecular flexibility index (Phi) is 3.39. The monoisotopic (exact) mass is 248 g/mol. The number of hydrogen-bond donors (Lipinski definition) is 1. The molecule has 1 aromatic heterocycles. The van der Waals surface area contributed by atoms with Gasteiger partial charge in [-0.15, -0.1) is 10.2 Å². The van der Waals surface area contributed by atoms with Crippen molar-refractivity contribution < 1.29 is 9.84 Å². The molecule has 2 aromatic rings. The van der Waals surface area contributed by atoms with E-state index < -0.39 is 0 Å². The van der Waals surface area contributed by atoms with E-state index in [2.05, 4.69) is 10.2 Å². The molecule has 0 fully saturated rings. The SMILES string of the molecule is COc1ccc(O)c(C=Cc2nnc(C)s2)c1. The lowest BCUT2D eigenvalue weighted by molar-refractivity contribution is 0.412. The number of nitrogens with zero attached hydrogens (tertiary/aromatic N) is 2. The van der Waals surface area contributed by atoms with Gasteiger partial charge in [0.25, 0.3) is 0 Å². The summed E-state index contributed by atoms with van der Waals surface area (Å²) in [6.07, 6.45) is 3.61. The summed E-state index contributed by atoms with van der Waals surface area (Å²) in [6, 6.07) is 5.07. The minimum Gasteiger partial charge on any atom is -0.507 e. The molecule has 0 bridgehead atoms. The normalized spacial score (nSPS) is 10.9. The van der Waals surface area contributed by atoms with Crippen molar-refractivity contribution in [2.24, 2.45) is 0 Å². The highest BCUT2D eigenvalue weighted by atomic mass is 32.1. The number of methoxy groups -OCH3 is 1. The number of aromatic nitrogens is 2. The van der Waals surface area contributed by atoms with Gasteiger partial charge in [-0.05, 0) is 37.3 Å². The summed E-state index contributed by atoms with van der Waals surface area (Å²) in [5.74, 6) is 0.916. The van der Waals surface area contributed by atoms with Crippen LogP contribution in [0.2, 0.25) is 0 Å². The standard InChI is InChI=1S/C12H12N2O2S/c1-8-13-14-12(17-8)6-3-9-7-10(16-2)4-5-11(9)15/h3-7,15H,1-2H3. The molecule has 0 aliphatic carbocycles. The third-order valence-electron chi connectivity index (χ3n) is 2.18. The first kappa shape index (κ1) is 11.6. The highest BCUT2D eigenvalue weighted by Crippen LogP contribution is 2.25. The molecule has 2 rings (SSSR count). The van der Waals surface area contributed by atoms with Gasteiger partial charge in [0.1, 0.15) is 21.5 Å². The molecule has 0 radical (unpaired) electrons. The largest absolute Gasteiger partial charge is 0.507 e. The van der Waals surface area contributed by atoms with Gasteiger partial charge in [0.2, 0.25) is 0 Å². The van der Waals surface area contributed by atoms with Crippen molar-refractivity contribution in [2.75, 3.05) is 7.11 Å². The summed E-state index contributed by atoms with van der Waals surface area (Å²) in [5, 5.41) is 19.3. The summed E-state index contributed by atoms with van der Waals surface area (Å²) < 4.78 is 5.10. The fraction of sp³-hybridized carbons (Fsp3) is 0.167. The molecule has 1 heterocycles. The summed E-state index contributed by atoms with van der Waals surface area (Å²) >= 11 is 1.50. The second-order valence-electron chi connectivity index (χ2n) is 3.42. The highest BCUT2D eigenvalue weighted by molar-refractivity contribution is 7.12. The lowest BCUT2D eigenvalue weighted by Crippen LogP contribution is -1.83. The first-order valence-corrected chi connectivity index (χ1v) is 5.86. The van der Waals surface area contributed by atoms with E-state index >= 15 is 0 Å². The van der Waals surface area contributed by atoms with Crippen molar-refractivity contribution in [1.29, 1.82) is 0 Å². The average molecular weight is 248 g/mol. The number of benzene rings is 1. The van der Waals surface area contributed by atoms with Crippen LogP contribution in [-0.2, 0) is 0 Å².